The number of esters is 2. The molecule has 0 spiro atoms. The molecule has 2 aliphatic rings. The van der Waals surface area contributed by atoms with Gasteiger partial charge in [-0.2, -0.15) is 0 Å². The van der Waals surface area contributed by atoms with Crippen molar-refractivity contribution in [2.45, 2.75) is 26.3 Å². The maximum absolute atomic E-state index is 14.2. The van der Waals surface area contributed by atoms with Crippen LogP contribution >= 0.6 is 11.3 Å². The molecule has 1 unspecified atom stereocenters. The summed E-state index contributed by atoms with van der Waals surface area (Å²) in [7, 11) is 1.26. The molecule has 2 aromatic heterocycles. The zero-order chi connectivity index (χ0) is 29.5. The van der Waals surface area contributed by atoms with Crippen LogP contribution < -0.4 is 24.5 Å². The average Bonchev–Trinajstić information content (AvgIpc) is 3.70. The molecule has 0 radical (unpaired) electrons. The molecule has 0 N–H and O–H groups in total. The Kier molecular flexibility index (Phi) is 6.95. The smallest absolute Gasteiger partial charge is 0.379 e. The van der Waals surface area contributed by atoms with E-state index in [4.69, 9.17) is 13.9 Å². The number of methoxy groups -OCH3 is 1. The van der Waals surface area contributed by atoms with E-state index in [2.05, 4.69) is 4.99 Å². The van der Waals surface area contributed by atoms with E-state index in [1.807, 2.05) is 31.2 Å². The molecule has 0 fully saturated rings. The minimum Gasteiger partial charge on any atom is -0.466 e. The summed E-state index contributed by atoms with van der Waals surface area (Å²) in [6, 6.07) is 16.0. The Hall–Kier alpha value is -5.03. The third-order valence-electron chi connectivity index (χ3n) is 7.13. The summed E-state index contributed by atoms with van der Waals surface area (Å²) in [4.78, 5) is 59.8. The predicted octanol–water partition coefficient (Wildman–Crippen LogP) is 3.35. The number of amides is 1. The van der Waals surface area contributed by atoms with Crippen LogP contribution in [0.2, 0.25) is 0 Å². The molecule has 0 aliphatic carbocycles. The molecule has 11 heteroatoms. The van der Waals surface area contributed by atoms with E-state index in [9.17, 15) is 19.2 Å². The van der Waals surface area contributed by atoms with Crippen LogP contribution in [0.1, 0.15) is 48.0 Å². The van der Waals surface area contributed by atoms with Crippen LogP contribution in [0.25, 0.3) is 5.57 Å². The summed E-state index contributed by atoms with van der Waals surface area (Å²) in [5.74, 6) is -1.24. The van der Waals surface area contributed by atoms with Crippen molar-refractivity contribution < 1.29 is 28.3 Å². The van der Waals surface area contributed by atoms with Crippen molar-refractivity contribution in [2.24, 2.45) is 4.99 Å². The first kappa shape index (κ1) is 27.2. The number of benzene rings is 2. The standard InChI is InChI=1S/C31H25N3O7S/c1-4-15-33-21-9-6-5-8-20(21)24(27(33)35)26-28(36)34-25(23(30(38)39-3)17(2)32-31(34)42-26)18-11-13-19(14-12-18)41-29(37)22-10-7-16-40-22/h5-14,16,25H,4,15H2,1-3H3. The molecule has 42 heavy (non-hydrogen) atoms. The summed E-state index contributed by atoms with van der Waals surface area (Å²) < 4.78 is 17.2. The van der Waals surface area contributed by atoms with Crippen LogP contribution in [0.5, 0.6) is 5.75 Å². The number of ether oxygens (including phenoxy) is 2. The first-order valence-electron chi connectivity index (χ1n) is 13.2. The molecule has 6 rings (SSSR count). The van der Waals surface area contributed by atoms with Gasteiger partial charge in [0, 0.05) is 12.1 Å². The van der Waals surface area contributed by atoms with Gasteiger partial charge < -0.3 is 18.8 Å². The molecule has 1 amide bonds. The third-order valence-corrected chi connectivity index (χ3v) is 8.18. The summed E-state index contributed by atoms with van der Waals surface area (Å²) in [5, 5.41) is 0. The molecule has 0 saturated carbocycles. The van der Waals surface area contributed by atoms with Gasteiger partial charge in [0.1, 0.15) is 10.3 Å². The fraction of sp³-hybridized carbons (Fsp3) is 0.194. The first-order valence-corrected chi connectivity index (χ1v) is 14.1. The van der Waals surface area contributed by atoms with E-state index >= 15 is 0 Å². The van der Waals surface area contributed by atoms with Gasteiger partial charge in [-0.1, -0.05) is 48.6 Å². The van der Waals surface area contributed by atoms with Crippen LogP contribution in [0.4, 0.5) is 5.69 Å². The van der Waals surface area contributed by atoms with E-state index in [0.717, 1.165) is 23.4 Å². The van der Waals surface area contributed by atoms with E-state index in [1.165, 1.54) is 24.0 Å². The van der Waals surface area contributed by atoms with Crippen molar-refractivity contribution in [3.05, 3.63) is 115 Å². The van der Waals surface area contributed by atoms with E-state index < -0.39 is 23.5 Å². The zero-order valence-corrected chi connectivity index (χ0v) is 23.8. The van der Waals surface area contributed by atoms with E-state index in [0.29, 0.717) is 33.7 Å². The lowest BCUT2D eigenvalue weighted by Gasteiger charge is -2.24. The Morgan fingerprint density at radius 1 is 1.02 bits per heavy atom. The first-order chi connectivity index (χ1) is 20.3. The van der Waals surface area contributed by atoms with Gasteiger partial charge >= 0.3 is 11.9 Å². The number of thiazole rings is 1. The number of para-hydroxylation sites is 1. The highest BCUT2D eigenvalue weighted by atomic mass is 32.1. The molecular formula is C31H25N3O7S. The van der Waals surface area contributed by atoms with Crippen molar-refractivity contribution >= 4 is 40.4 Å². The maximum atomic E-state index is 14.2. The minimum atomic E-state index is -0.892. The second-order valence-electron chi connectivity index (χ2n) is 9.68. The number of allylic oxidation sites excluding steroid dienone is 1. The number of hydrogen-bond donors (Lipinski definition) is 0. The largest absolute Gasteiger partial charge is 0.466 e. The number of aromatic nitrogens is 1. The predicted molar refractivity (Wildman–Crippen MR) is 154 cm³/mol. The number of anilines is 1. The second-order valence-corrected chi connectivity index (χ2v) is 10.7. The van der Waals surface area contributed by atoms with Gasteiger partial charge in [0.05, 0.1) is 41.9 Å². The van der Waals surface area contributed by atoms with Crippen molar-refractivity contribution in [3.8, 4) is 5.75 Å². The Morgan fingerprint density at radius 2 is 1.79 bits per heavy atom. The fourth-order valence-electron chi connectivity index (χ4n) is 5.27. The van der Waals surface area contributed by atoms with Crippen LogP contribution in [0.3, 0.4) is 0 Å². The van der Waals surface area contributed by atoms with Gasteiger partial charge in [-0.3, -0.25) is 14.2 Å². The van der Waals surface area contributed by atoms with Crippen LogP contribution in [0.15, 0.2) is 92.4 Å². The highest BCUT2D eigenvalue weighted by molar-refractivity contribution is 7.07. The van der Waals surface area contributed by atoms with Gasteiger partial charge in [-0.25, -0.2) is 14.6 Å². The normalized spacial score (nSPS) is 17.1. The monoisotopic (exact) mass is 583 g/mol. The topological polar surface area (TPSA) is 120 Å². The Balaban J connectivity index is 1.50. The highest BCUT2D eigenvalue weighted by Gasteiger charge is 2.37. The molecule has 10 nitrogen and oxygen atoms in total. The molecule has 0 saturated heterocycles. The van der Waals surface area contributed by atoms with Crippen LogP contribution in [-0.2, 0) is 14.3 Å². The molecule has 2 aromatic carbocycles. The number of rotatable bonds is 6. The van der Waals surface area contributed by atoms with E-state index in [1.54, 1.807) is 42.2 Å². The fourth-order valence-corrected chi connectivity index (χ4v) is 6.41. The van der Waals surface area contributed by atoms with Gasteiger partial charge in [0.2, 0.25) is 5.76 Å². The molecule has 1 atom stereocenters. The number of fused-ring (bicyclic) bond motifs is 2. The van der Waals surface area contributed by atoms with Gasteiger partial charge in [-0.05, 0) is 49.2 Å². The number of furan rings is 1. The number of carbonyl (C=O) groups is 3. The average molecular weight is 584 g/mol. The number of carbonyl (C=O) groups excluding carboxylic acids is 3. The van der Waals surface area contributed by atoms with Crippen molar-refractivity contribution in [1.82, 2.24) is 4.57 Å². The molecule has 4 aromatic rings. The van der Waals surface area contributed by atoms with Gasteiger partial charge in [0.25, 0.3) is 11.5 Å². The van der Waals surface area contributed by atoms with Crippen molar-refractivity contribution in [3.63, 3.8) is 0 Å². The Bertz CT molecular complexity index is 1950. The SMILES string of the molecule is CCCN1C(=O)C(=c2sc3n(c2=O)C(c2ccc(OC(=O)c4ccco4)cc2)C(C(=O)OC)=C(C)N=3)c2ccccc21. The van der Waals surface area contributed by atoms with Crippen molar-refractivity contribution in [1.29, 1.82) is 0 Å². The number of hydrogen-bond acceptors (Lipinski definition) is 9. The summed E-state index contributed by atoms with van der Waals surface area (Å²) in [6.45, 7) is 4.18. The van der Waals surface area contributed by atoms with Crippen LogP contribution in [0, 0.1) is 0 Å². The Labute approximate surface area is 243 Å². The third kappa shape index (κ3) is 4.38. The lowest BCUT2D eigenvalue weighted by molar-refractivity contribution is -0.136. The zero-order valence-electron chi connectivity index (χ0n) is 23.0. The van der Waals surface area contributed by atoms with Gasteiger partial charge in [-0.15, -0.1) is 0 Å². The van der Waals surface area contributed by atoms with Crippen molar-refractivity contribution in [2.75, 3.05) is 18.6 Å². The maximum Gasteiger partial charge on any atom is 0.379 e. The summed E-state index contributed by atoms with van der Waals surface area (Å²) >= 11 is 1.11. The Morgan fingerprint density at radius 3 is 2.48 bits per heavy atom. The van der Waals surface area contributed by atoms with Crippen LogP contribution in [-0.4, -0.2) is 36.1 Å². The lowest BCUT2D eigenvalue weighted by Crippen LogP contribution is -2.40. The number of nitrogens with zero attached hydrogens (tertiary/aromatic N) is 3. The van der Waals surface area contributed by atoms with E-state index in [-0.39, 0.29) is 27.5 Å². The molecule has 0 bridgehead atoms. The summed E-state index contributed by atoms with van der Waals surface area (Å²) in [6.07, 6.45) is 2.13. The molecule has 212 valence electrons. The highest BCUT2D eigenvalue weighted by Crippen LogP contribution is 2.36. The quantitative estimate of drug-likeness (QED) is 0.252. The second kappa shape index (κ2) is 10.7. The molecule has 2 aliphatic heterocycles. The molecular weight excluding hydrogens is 558 g/mol. The lowest BCUT2D eigenvalue weighted by atomic mass is 9.96. The minimum absolute atomic E-state index is 0.0551. The summed E-state index contributed by atoms with van der Waals surface area (Å²) in [5.41, 5.74) is 2.46. The van der Waals surface area contributed by atoms with Gasteiger partial charge in [0.15, 0.2) is 4.80 Å². The molecule has 4 heterocycles.